The molecule has 0 radical (unpaired) electrons. The zero-order valence-electron chi connectivity index (χ0n) is 18.3. The number of rotatable bonds is 7. The molecule has 2 aromatic carbocycles. The minimum Gasteiger partial charge on any atom is -0.497 e. The molecule has 1 saturated heterocycles. The van der Waals surface area contributed by atoms with Gasteiger partial charge in [0.15, 0.2) is 0 Å². The number of para-hydroxylation sites is 1. The predicted molar refractivity (Wildman–Crippen MR) is 127 cm³/mol. The van der Waals surface area contributed by atoms with E-state index in [4.69, 9.17) is 4.74 Å². The van der Waals surface area contributed by atoms with E-state index >= 15 is 0 Å². The zero-order chi connectivity index (χ0) is 22.5. The largest absolute Gasteiger partial charge is 0.497 e. The lowest BCUT2D eigenvalue weighted by Gasteiger charge is -2.42. The number of hydrogen-bond acceptors (Lipinski definition) is 5. The Kier molecular flexibility index (Phi) is 7.07. The fourth-order valence-electron chi connectivity index (χ4n) is 4.28. The molecule has 1 amide bonds. The highest BCUT2D eigenvalue weighted by molar-refractivity contribution is 7.10. The molecule has 4 rings (SSSR count). The molecule has 0 bridgehead atoms. The Morgan fingerprint density at radius 1 is 1.06 bits per heavy atom. The van der Waals surface area contributed by atoms with Crippen molar-refractivity contribution in [3.8, 4) is 5.75 Å². The van der Waals surface area contributed by atoms with Crippen LogP contribution in [0.4, 0.5) is 10.1 Å². The summed E-state index contributed by atoms with van der Waals surface area (Å²) in [6.45, 7) is 5.09. The maximum atomic E-state index is 14.2. The van der Waals surface area contributed by atoms with Gasteiger partial charge in [-0.05, 0) is 48.7 Å². The molecule has 32 heavy (non-hydrogen) atoms. The van der Waals surface area contributed by atoms with E-state index in [9.17, 15) is 9.18 Å². The minimum atomic E-state index is -0.185. The maximum Gasteiger partial charge on any atom is 0.251 e. The number of halogens is 1. The van der Waals surface area contributed by atoms with E-state index in [1.807, 2.05) is 37.3 Å². The number of benzene rings is 2. The first-order valence-electron chi connectivity index (χ1n) is 10.8. The highest BCUT2D eigenvalue weighted by Gasteiger charge is 2.31. The van der Waals surface area contributed by atoms with Crippen LogP contribution in [-0.4, -0.2) is 50.1 Å². The van der Waals surface area contributed by atoms with Crippen molar-refractivity contribution in [3.05, 3.63) is 82.3 Å². The van der Waals surface area contributed by atoms with E-state index in [1.165, 1.54) is 10.9 Å². The van der Waals surface area contributed by atoms with Crippen molar-refractivity contribution in [2.75, 3.05) is 38.2 Å². The number of methoxy groups -OCH3 is 1. The van der Waals surface area contributed by atoms with E-state index < -0.39 is 0 Å². The van der Waals surface area contributed by atoms with E-state index in [0.29, 0.717) is 17.0 Å². The number of carbonyl (C=O) groups is 1. The van der Waals surface area contributed by atoms with Crippen molar-refractivity contribution < 1.29 is 13.9 Å². The maximum absolute atomic E-state index is 14.2. The first kappa shape index (κ1) is 22.3. The summed E-state index contributed by atoms with van der Waals surface area (Å²) in [5.41, 5.74) is 1.23. The Labute approximate surface area is 192 Å². The summed E-state index contributed by atoms with van der Waals surface area (Å²) in [5, 5.41) is 5.25. The summed E-state index contributed by atoms with van der Waals surface area (Å²) in [6, 6.07) is 18.2. The van der Waals surface area contributed by atoms with Crippen LogP contribution in [0.5, 0.6) is 5.75 Å². The molecular formula is C25H28FN3O2S. The lowest BCUT2D eigenvalue weighted by Crippen LogP contribution is -2.52. The van der Waals surface area contributed by atoms with Crippen LogP contribution >= 0.6 is 11.3 Å². The van der Waals surface area contributed by atoms with Crippen LogP contribution < -0.4 is 15.0 Å². The van der Waals surface area contributed by atoms with Gasteiger partial charge in [-0.25, -0.2) is 4.39 Å². The van der Waals surface area contributed by atoms with Gasteiger partial charge in [-0.1, -0.05) is 24.3 Å². The van der Waals surface area contributed by atoms with Gasteiger partial charge in [0.1, 0.15) is 11.6 Å². The summed E-state index contributed by atoms with van der Waals surface area (Å²) in [5.74, 6) is 0.349. The van der Waals surface area contributed by atoms with E-state index in [-0.39, 0.29) is 23.8 Å². The van der Waals surface area contributed by atoms with Gasteiger partial charge in [0.25, 0.3) is 5.91 Å². The third-order valence-electron chi connectivity index (χ3n) is 5.90. The van der Waals surface area contributed by atoms with Crippen molar-refractivity contribution in [2.45, 2.75) is 19.0 Å². The number of anilines is 1. The number of piperazine rings is 1. The molecule has 1 aliphatic rings. The molecule has 2 heterocycles. The lowest BCUT2D eigenvalue weighted by atomic mass is 10.0. The lowest BCUT2D eigenvalue weighted by molar-refractivity contribution is 0.0890. The molecule has 0 spiro atoms. The first-order valence-corrected chi connectivity index (χ1v) is 11.7. The van der Waals surface area contributed by atoms with Gasteiger partial charge in [-0.2, -0.15) is 0 Å². The number of carbonyl (C=O) groups excluding carboxylic acids is 1. The predicted octanol–water partition coefficient (Wildman–Crippen LogP) is 4.58. The van der Waals surface area contributed by atoms with Crippen molar-refractivity contribution in [3.63, 3.8) is 0 Å². The molecule has 1 N–H and O–H groups in total. The molecule has 0 saturated carbocycles. The van der Waals surface area contributed by atoms with Crippen LogP contribution in [0.3, 0.4) is 0 Å². The second kappa shape index (κ2) is 10.1. The van der Waals surface area contributed by atoms with Gasteiger partial charge in [-0.15, -0.1) is 11.3 Å². The summed E-state index contributed by atoms with van der Waals surface area (Å²) in [4.78, 5) is 18.6. The van der Waals surface area contributed by atoms with Gasteiger partial charge in [0, 0.05) is 42.7 Å². The van der Waals surface area contributed by atoms with Gasteiger partial charge in [-0.3, -0.25) is 9.69 Å². The average molecular weight is 454 g/mol. The van der Waals surface area contributed by atoms with Crippen LogP contribution in [0.25, 0.3) is 0 Å². The normalized spacial score (nSPS) is 16.4. The number of nitrogens with one attached hydrogen (secondary N) is 1. The third kappa shape index (κ3) is 4.95. The van der Waals surface area contributed by atoms with Gasteiger partial charge in [0.2, 0.25) is 0 Å². The van der Waals surface area contributed by atoms with Crippen LogP contribution in [0.1, 0.15) is 28.2 Å². The molecule has 1 fully saturated rings. The van der Waals surface area contributed by atoms with Crippen molar-refractivity contribution >= 4 is 22.9 Å². The molecule has 3 aromatic rings. The molecule has 0 aliphatic carbocycles. The Morgan fingerprint density at radius 3 is 2.53 bits per heavy atom. The fourth-order valence-corrected chi connectivity index (χ4v) is 5.25. The molecular weight excluding hydrogens is 425 g/mol. The number of thiophene rings is 1. The number of hydrogen-bond donors (Lipinski definition) is 1. The van der Waals surface area contributed by atoms with Crippen molar-refractivity contribution in [1.29, 1.82) is 0 Å². The van der Waals surface area contributed by atoms with E-state index in [1.54, 1.807) is 36.6 Å². The van der Waals surface area contributed by atoms with Gasteiger partial charge < -0.3 is 15.0 Å². The Morgan fingerprint density at radius 2 is 1.84 bits per heavy atom. The summed E-state index contributed by atoms with van der Waals surface area (Å²) in [7, 11) is 1.59. The van der Waals surface area contributed by atoms with E-state index in [2.05, 4.69) is 26.6 Å². The fraction of sp³-hybridized carbons (Fsp3) is 0.320. The highest BCUT2D eigenvalue weighted by Crippen LogP contribution is 2.31. The van der Waals surface area contributed by atoms with Crippen LogP contribution in [0.2, 0.25) is 0 Å². The number of amides is 1. The summed E-state index contributed by atoms with van der Waals surface area (Å²) in [6.07, 6.45) is 0. The minimum absolute atomic E-state index is 0.0485. The summed E-state index contributed by atoms with van der Waals surface area (Å²) >= 11 is 1.70. The Bertz CT molecular complexity index is 1040. The zero-order valence-corrected chi connectivity index (χ0v) is 19.1. The average Bonchev–Trinajstić information content (AvgIpc) is 3.34. The van der Waals surface area contributed by atoms with E-state index in [0.717, 1.165) is 26.2 Å². The van der Waals surface area contributed by atoms with Crippen LogP contribution in [0.15, 0.2) is 66.0 Å². The molecule has 168 valence electrons. The molecule has 0 unspecified atom stereocenters. The first-order chi connectivity index (χ1) is 15.6. The van der Waals surface area contributed by atoms with Crippen LogP contribution in [-0.2, 0) is 0 Å². The molecule has 7 heteroatoms. The Balaban J connectivity index is 1.47. The highest BCUT2D eigenvalue weighted by atomic mass is 32.1. The van der Waals surface area contributed by atoms with Gasteiger partial charge >= 0.3 is 0 Å². The standard InChI is InChI=1S/C25H28FN3O2S/c1-18(27-25(30)19-7-5-8-20(17-19)31-2)24(23-11-6-16-32-23)29-14-12-28(13-15-29)22-10-4-3-9-21(22)26/h3-11,16-18,24H,12-15H2,1-2H3,(H,27,30)/t18-,24+/m0/s1. The second-order valence-corrected chi connectivity index (χ2v) is 8.91. The summed E-state index contributed by atoms with van der Waals surface area (Å²) < 4.78 is 19.5. The SMILES string of the molecule is COc1cccc(C(=O)N[C@@H](C)[C@H](c2cccs2)N2CCN(c3ccccc3F)CC2)c1. The molecule has 1 aliphatic heterocycles. The third-order valence-corrected chi connectivity index (χ3v) is 6.84. The number of ether oxygens (including phenoxy) is 1. The molecule has 5 nitrogen and oxygen atoms in total. The topological polar surface area (TPSA) is 44.8 Å². The monoisotopic (exact) mass is 453 g/mol. The smallest absolute Gasteiger partial charge is 0.251 e. The van der Waals surface area contributed by atoms with Crippen molar-refractivity contribution in [2.24, 2.45) is 0 Å². The quantitative estimate of drug-likeness (QED) is 0.569. The molecule has 1 aromatic heterocycles. The second-order valence-electron chi connectivity index (χ2n) is 7.93. The Hall–Kier alpha value is -2.90. The van der Waals surface area contributed by atoms with Gasteiger partial charge in [0.05, 0.1) is 18.8 Å². The number of nitrogens with zero attached hydrogens (tertiary/aromatic N) is 2. The molecule has 2 atom stereocenters. The van der Waals surface area contributed by atoms with Crippen molar-refractivity contribution in [1.82, 2.24) is 10.2 Å². The van der Waals surface area contributed by atoms with Crippen LogP contribution in [0, 0.1) is 5.82 Å².